The lowest BCUT2D eigenvalue weighted by Crippen LogP contribution is -2.39. The Labute approximate surface area is 171 Å². The maximum absolute atomic E-state index is 13.1. The molecule has 0 spiro atoms. The zero-order valence-corrected chi connectivity index (χ0v) is 16.7. The minimum atomic E-state index is -0.513. The lowest BCUT2D eigenvalue weighted by Gasteiger charge is -2.11. The first kappa shape index (κ1) is 20.6. The second-order valence-corrected chi connectivity index (χ2v) is 6.86. The van der Waals surface area contributed by atoms with E-state index in [1.165, 1.54) is 17.7 Å². The highest BCUT2D eigenvalue weighted by molar-refractivity contribution is 6.30. The Morgan fingerprint density at radius 3 is 2.59 bits per heavy atom. The van der Waals surface area contributed by atoms with Gasteiger partial charge in [-0.25, -0.2) is 4.79 Å². The summed E-state index contributed by atoms with van der Waals surface area (Å²) in [5, 5.41) is 9.69. The molecule has 0 saturated heterocycles. The van der Waals surface area contributed by atoms with Gasteiger partial charge in [0.25, 0.3) is 5.56 Å². The molecule has 0 aliphatic carbocycles. The van der Waals surface area contributed by atoms with Gasteiger partial charge >= 0.3 is 11.7 Å². The predicted octanol–water partition coefficient (Wildman–Crippen LogP) is 2.06. The van der Waals surface area contributed by atoms with E-state index in [0.29, 0.717) is 5.02 Å². The third-order valence-corrected chi connectivity index (χ3v) is 4.69. The van der Waals surface area contributed by atoms with E-state index < -0.39 is 11.2 Å². The summed E-state index contributed by atoms with van der Waals surface area (Å²) < 4.78 is 9.62. The van der Waals surface area contributed by atoms with Crippen LogP contribution in [0, 0.1) is 0 Å². The highest BCUT2D eigenvalue weighted by atomic mass is 35.5. The summed E-state index contributed by atoms with van der Waals surface area (Å²) in [5.74, 6) is 0.253. The van der Waals surface area contributed by atoms with Crippen LogP contribution in [-0.2, 0) is 20.1 Å². The van der Waals surface area contributed by atoms with Crippen molar-refractivity contribution in [2.75, 3.05) is 6.61 Å². The van der Waals surface area contributed by atoms with E-state index in [4.69, 9.17) is 21.4 Å². The van der Waals surface area contributed by atoms with Gasteiger partial charge in [-0.2, -0.15) is 4.98 Å². The molecular formula is C20H21ClN4O4. The van der Waals surface area contributed by atoms with Crippen LogP contribution in [0.3, 0.4) is 0 Å². The molecule has 0 radical (unpaired) electrons. The molecule has 0 aliphatic heterocycles. The second kappa shape index (κ2) is 8.50. The third kappa shape index (κ3) is 4.03. The van der Waals surface area contributed by atoms with Crippen molar-refractivity contribution in [3.63, 3.8) is 0 Å². The Morgan fingerprint density at radius 1 is 1.28 bits per heavy atom. The normalized spacial score (nSPS) is 11.0. The van der Waals surface area contributed by atoms with Crippen molar-refractivity contribution >= 4 is 22.8 Å². The zero-order chi connectivity index (χ0) is 21.1. The van der Waals surface area contributed by atoms with Crippen molar-refractivity contribution in [2.45, 2.75) is 19.5 Å². The van der Waals surface area contributed by atoms with E-state index in [1.807, 2.05) is 12.1 Å². The third-order valence-electron chi connectivity index (χ3n) is 4.44. The Morgan fingerprint density at radius 2 is 1.97 bits per heavy atom. The van der Waals surface area contributed by atoms with Gasteiger partial charge in [-0.3, -0.25) is 18.5 Å². The van der Waals surface area contributed by atoms with Gasteiger partial charge in [0, 0.05) is 25.2 Å². The maximum atomic E-state index is 13.1. The molecule has 0 fully saturated rings. The molecule has 1 N–H and O–H groups in total. The summed E-state index contributed by atoms with van der Waals surface area (Å²) in [7, 11) is 1.53. The number of allylic oxidation sites excluding steroid dienone is 1. The quantitative estimate of drug-likeness (QED) is 0.448. The van der Waals surface area contributed by atoms with Gasteiger partial charge in [-0.05, 0) is 30.2 Å². The van der Waals surface area contributed by atoms with Gasteiger partial charge in [0.15, 0.2) is 11.2 Å². The van der Waals surface area contributed by atoms with Crippen LogP contribution < -0.4 is 16.0 Å². The Hall–Kier alpha value is -3.10. The molecule has 152 valence electrons. The average Bonchev–Trinajstić information content (AvgIpc) is 3.06. The number of rotatable bonds is 8. The number of hydrogen-bond acceptors (Lipinski definition) is 5. The van der Waals surface area contributed by atoms with Gasteiger partial charge in [-0.15, -0.1) is 0 Å². The van der Waals surface area contributed by atoms with Crippen molar-refractivity contribution in [2.24, 2.45) is 7.05 Å². The summed E-state index contributed by atoms with van der Waals surface area (Å²) in [6.07, 6.45) is 1.70. The SMILES string of the molecule is C=CC(=C)Oc1nc2c(c(=O)n(CCCO)c(=O)n2C)n1Cc1ccc(Cl)cc1. The number of nitrogens with zero attached hydrogens (tertiary/aromatic N) is 4. The van der Waals surface area contributed by atoms with Crippen molar-refractivity contribution in [1.29, 1.82) is 0 Å². The molecule has 8 nitrogen and oxygen atoms in total. The summed E-state index contributed by atoms with van der Waals surface area (Å²) in [6, 6.07) is 7.26. The number of halogens is 1. The highest BCUT2D eigenvalue weighted by Crippen LogP contribution is 2.22. The van der Waals surface area contributed by atoms with Gasteiger partial charge in [-0.1, -0.05) is 36.9 Å². The lowest BCUT2D eigenvalue weighted by atomic mass is 10.2. The van der Waals surface area contributed by atoms with Crippen molar-refractivity contribution in [1.82, 2.24) is 18.7 Å². The van der Waals surface area contributed by atoms with Gasteiger partial charge < -0.3 is 9.84 Å². The molecule has 0 atom stereocenters. The van der Waals surface area contributed by atoms with Crippen LogP contribution in [0.1, 0.15) is 12.0 Å². The number of ether oxygens (including phenoxy) is 1. The van der Waals surface area contributed by atoms with Crippen molar-refractivity contribution in [3.8, 4) is 6.01 Å². The number of aryl methyl sites for hydroxylation is 1. The number of fused-ring (bicyclic) bond motifs is 1. The number of aromatic nitrogens is 4. The topological polar surface area (TPSA) is 91.3 Å². The molecule has 0 aliphatic rings. The first-order valence-electron chi connectivity index (χ1n) is 8.92. The van der Waals surface area contributed by atoms with Gasteiger partial charge in [0.2, 0.25) is 0 Å². The fraction of sp³-hybridized carbons (Fsp3) is 0.250. The van der Waals surface area contributed by atoms with Crippen LogP contribution in [0.2, 0.25) is 5.02 Å². The van der Waals surface area contributed by atoms with Crippen LogP contribution in [-0.4, -0.2) is 30.4 Å². The molecular weight excluding hydrogens is 396 g/mol. The summed E-state index contributed by atoms with van der Waals surface area (Å²) in [6.45, 7) is 7.57. The first-order valence-corrected chi connectivity index (χ1v) is 9.29. The standard InChI is InChI=1S/C20H21ClN4O4/c1-4-13(2)29-19-22-17-16(25(19)12-14-6-8-15(21)9-7-14)18(27)24(10-5-11-26)20(28)23(17)3/h4,6-9,26H,1-2,5,10-12H2,3H3. The maximum Gasteiger partial charge on any atom is 0.332 e. The summed E-state index contributed by atoms with van der Waals surface area (Å²) in [5.41, 5.74) is 0.254. The molecule has 2 heterocycles. The zero-order valence-electron chi connectivity index (χ0n) is 16.0. The molecule has 0 saturated carbocycles. The molecule has 0 amide bonds. The fourth-order valence-corrected chi connectivity index (χ4v) is 3.06. The van der Waals surface area contributed by atoms with E-state index >= 15 is 0 Å². The molecule has 29 heavy (non-hydrogen) atoms. The lowest BCUT2D eigenvalue weighted by molar-refractivity contribution is 0.277. The Bertz CT molecular complexity index is 1190. The van der Waals surface area contributed by atoms with Crippen LogP contribution >= 0.6 is 11.6 Å². The molecule has 0 unspecified atom stereocenters. The smallest absolute Gasteiger partial charge is 0.332 e. The highest BCUT2D eigenvalue weighted by Gasteiger charge is 2.21. The molecule has 0 bridgehead atoms. The second-order valence-electron chi connectivity index (χ2n) is 6.43. The fourth-order valence-electron chi connectivity index (χ4n) is 2.93. The summed E-state index contributed by atoms with van der Waals surface area (Å²) >= 11 is 5.96. The van der Waals surface area contributed by atoms with Gasteiger partial charge in [0.05, 0.1) is 6.54 Å². The van der Waals surface area contributed by atoms with Crippen LogP contribution in [0.5, 0.6) is 6.01 Å². The molecule has 2 aromatic heterocycles. The van der Waals surface area contributed by atoms with E-state index in [1.54, 1.807) is 16.7 Å². The Kier molecular flexibility index (Phi) is 6.05. The summed E-state index contributed by atoms with van der Waals surface area (Å²) in [4.78, 5) is 30.1. The number of imidazole rings is 1. The first-order chi connectivity index (χ1) is 13.9. The van der Waals surface area contributed by atoms with E-state index in [2.05, 4.69) is 18.1 Å². The minimum absolute atomic E-state index is 0.0969. The molecule has 9 heteroatoms. The van der Waals surface area contributed by atoms with E-state index in [9.17, 15) is 9.59 Å². The molecule has 1 aromatic carbocycles. The number of aliphatic hydroxyl groups is 1. The van der Waals surface area contributed by atoms with Crippen LogP contribution in [0.4, 0.5) is 0 Å². The number of benzene rings is 1. The average molecular weight is 417 g/mol. The van der Waals surface area contributed by atoms with Crippen LogP contribution in [0.25, 0.3) is 11.2 Å². The molecule has 3 aromatic rings. The van der Waals surface area contributed by atoms with Crippen LogP contribution in [0.15, 0.2) is 58.8 Å². The Balaban J connectivity index is 2.27. The monoisotopic (exact) mass is 416 g/mol. The molecule has 3 rings (SSSR count). The number of hydrogen-bond donors (Lipinski definition) is 1. The minimum Gasteiger partial charge on any atom is -0.426 e. The van der Waals surface area contributed by atoms with E-state index in [0.717, 1.165) is 10.1 Å². The van der Waals surface area contributed by atoms with Crippen molar-refractivity contribution in [3.05, 3.63) is 80.7 Å². The number of aliphatic hydroxyl groups excluding tert-OH is 1. The van der Waals surface area contributed by atoms with Gasteiger partial charge in [0.1, 0.15) is 5.76 Å². The largest absolute Gasteiger partial charge is 0.426 e. The van der Waals surface area contributed by atoms with E-state index in [-0.39, 0.29) is 49.1 Å². The van der Waals surface area contributed by atoms with Crippen molar-refractivity contribution < 1.29 is 9.84 Å². The predicted molar refractivity (Wildman–Crippen MR) is 111 cm³/mol.